The molecule has 84 valence electrons. The molecule has 0 bridgehead atoms. The Morgan fingerprint density at radius 3 is 3.06 bits per heavy atom. The van der Waals surface area contributed by atoms with Gasteiger partial charge in [0, 0.05) is 17.9 Å². The van der Waals surface area contributed by atoms with Crippen LogP contribution in [0.1, 0.15) is 23.2 Å². The number of amides is 1. The minimum absolute atomic E-state index is 0.138. The highest BCUT2D eigenvalue weighted by Crippen LogP contribution is 2.15. The Bertz CT molecular complexity index is 397. The number of aldehydes is 1. The highest BCUT2D eigenvalue weighted by atomic mass is 16.5. The van der Waals surface area contributed by atoms with Crippen molar-refractivity contribution >= 4 is 17.9 Å². The number of carbonyl (C=O) groups excluding carboxylic acids is 2. The van der Waals surface area contributed by atoms with Gasteiger partial charge in [-0.05, 0) is 25.0 Å². The summed E-state index contributed by atoms with van der Waals surface area (Å²) in [5, 5.41) is 2.74. The summed E-state index contributed by atoms with van der Waals surface area (Å²) in [6.45, 7) is 0.645. The first kappa shape index (κ1) is 10.8. The SMILES string of the molecule is O=Cc1cccc(NC(=O)C2CCCO2)c1. The van der Waals surface area contributed by atoms with Gasteiger partial charge in [0.2, 0.25) is 0 Å². The molecule has 1 atom stereocenters. The lowest BCUT2D eigenvalue weighted by Gasteiger charge is -2.10. The summed E-state index contributed by atoms with van der Waals surface area (Å²) in [6, 6.07) is 6.81. The molecule has 16 heavy (non-hydrogen) atoms. The molecule has 1 aliphatic rings. The monoisotopic (exact) mass is 219 g/mol. The minimum Gasteiger partial charge on any atom is -0.368 e. The van der Waals surface area contributed by atoms with Gasteiger partial charge in [0.25, 0.3) is 5.91 Å². The van der Waals surface area contributed by atoms with Crippen LogP contribution in [-0.4, -0.2) is 24.9 Å². The van der Waals surface area contributed by atoms with Crippen LogP contribution < -0.4 is 5.32 Å². The summed E-state index contributed by atoms with van der Waals surface area (Å²) in [5.74, 6) is -0.138. The van der Waals surface area contributed by atoms with E-state index in [1.807, 2.05) is 0 Å². The van der Waals surface area contributed by atoms with Crippen molar-refractivity contribution in [2.24, 2.45) is 0 Å². The number of benzene rings is 1. The second-order valence-electron chi connectivity index (χ2n) is 3.73. The van der Waals surface area contributed by atoms with Gasteiger partial charge in [-0.25, -0.2) is 0 Å². The highest BCUT2D eigenvalue weighted by Gasteiger charge is 2.23. The molecule has 4 heteroatoms. The standard InChI is InChI=1S/C12H13NO3/c14-8-9-3-1-4-10(7-9)13-12(15)11-5-2-6-16-11/h1,3-4,7-8,11H,2,5-6H2,(H,13,15). The molecule has 1 amide bonds. The van der Waals surface area contributed by atoms with E-state index in [0.29, 0.717) is 17.9 Å². The summed E-state index contributed by atoms with van der Waals surface area (Å²) in [7, 11) is 0. The number of hydrogen-bond acceptors (Lipinski definition) is 3. The van der Waals surface area contributed by atoms with Crippen molar-refractivity contribution in [2.45, 2.75) is 18.9 Å². The van der Waals surface area contributed by atoms with E-state index in [1.54, 1.807) is 24.3 Å². The maximum Gasteiger partial charge on any atom is 0.253 e. The molecule has 0 aliphatic carbocycles. The van der Waals surface area contributed by atoms with Crippen LogP contribution in [0, 0.1) is 0 Å². The minimum atomic E-state index is -0.347. The molecule has 1 fully saturated rings. The average molecular weight is 219 g/mol. The fourth-order valence-corrected chi connectivity index (χ4v) is 1.70. The molecule has 1 N–H and O–H groups in total. The van der Waals surface area contributed by atoms with Gasteiger partial charge < -0.3 is 10.1 Å². The Morgan fingerprint density at radius 1 is 1.50 bits per heavy atom. The molecular formula is C12H13NO3. The van der Waals surface area contributed by atoms with Crippen molar-refractivity contribution in [1.82, 2.24) is 0 Å². The van der Waals surface area contributed by atoms with Crippen molar-refractivity contribution in [2.75, 3.05) is 11.9 Å². The molecule has 2 rings (SSSR count). The second-order valence-corrected chi connectivity index (χ2v) is 3.73. The Morgan fingerprint density at radius 2 is 2.38 bits per heavy atom. The van der Waals surface area contributed by atoms with E-state index in [0.717, 1.165) is 19.1 Å². The number of hydrogen-bond donors (Lipinski definition) is 1. The van der Waals surface area contributed by atoms with E-state index in [9.17, 15) is 9.59 Å². The maximum absolute atomic E-state index is 11.7. The summed E-state index contributed by atoms with van der Waals surface area (Å²) < 4.78 is 5.26. The molecule has 1 saturated heterocycles. The van der Waals surface area contributed by atoms with E-state index in [1.165, 1.54) is 0 Å². The quantitative estimate of drug-likeness (QED) is 0.786. The van der Waals surface area contributed by atoms with Crippen molar-refractivity contribution in [3.63, 3.8) is 0 Å². The van der Waals surface area contributed by atoms with Crippen LogP contribution in [-0.2, 0) is 9.53 Å². The molecule has 0 spiro atoms. The average Bonchev–Trinajstić information content (AvgIpc) is 2.83. The van der Waals surface area contributed by atoms with Gasteiger partial charge >= 0.3 is 0 Å². The largest absolute Gasteiger partial charge is 0.368 e. The number of carbonyl (C=O) groups is 2. The van der Waals surface area contributed by atoms with E-state index < -0.39 is 0 Å². The Balaban J connectivity index is 2.02. The lowest BCUT2D eigenvalue weighted by molar-refractivity contribution is -0.124. The van der Waals surface area contributed by atoms with Crippen LogP contribution in [0.15, 0.2) is 24.3 Å². The van der Waals surface area contributed by atoms with Gasteiger partial charge in [-0.15, -0.1) is 0 Å². The zero-order valence-electron chi connectivity index (χ0n) is 8.81. The first-order valence-corrected chi connectivity index (χ1v) is 5.27. The Kier molecular flexibility index (Phi) is 3.31. The van der Waals surface area contributed by atoms with Gasteiger partial charge in [0.15, 0.2) is 0 Å². The fourth-order valence-electron chi connectivity index (χ4n) is 1.70. The predicted molar refractivity (Wildman–Crippen MR) is 59.4 cm³/mol. The van der Waals surface area contributed by atoms with Crippen molar-refractivity contribution < 1.29 is 14.3 Å². The molecule has 1 aromatic carbocycles. The lowest BCUT2D eigenvalue weighted by Crippen LogP contribution is -2.26. The smallest absolute Gasteiger partial charge is 0.253 e. The molecule has 1 aromatic rings. The number of anilines is 1. The molecule has 1 aliphatic heterocycles. The number of rotatable bonds is 3. The summed E-state index contributed by atoms with van der Waals surface area (Å²) in [5.41, 5.74) is 1.18. The van der Waals surface area contributed by atoms with Gasteiger partial charge in [0.05, 0.1) is 0 Å². The predicted octanol–water partition coefficient (Wildman–Crippen LogP) is 1.62. The molecule has 0 radical (unpaired) electrons. The topological polar surface area (TPSA) is 55.4 Å². The molecule has 0 saturated carbocycles. The van der Waals surface area contributed by atoms with E-state index in [-0.39, 0.29) is 12.0 Å². The molecule has 1 unspecified atom stereocenters. The number of nitrogens with one attached hydrogen (secondary N) is 1. The van der Waals surface area contributed by atoms with E-state index in [4.69, 9.17) is 4.74 Å². The van der Waals surface area contributed by atoms with Crippen molar-refractivity contribution in [3.05, 3.63) is 29.8 Å². The van der Waals surface area contributed by atoms with Gasteiger partial charge in [-0.1, -0.05) is 12.1 Å². The summed E-state index contributed by atoms with van der Waals surface area (Å²) >= 11 is 0. The van der Waals surface area contributed by atoms with Crippen LogP contribution in [0.4, 0.5) is 5.69 Å². The Hall–Kier alpha value is -1.68. The van der Waals surface area contributed by atoms with E-state index in [2.05, 4.69) is 5.32 Å². The molecule has 4 nitrogen and oxygen atoms in total. The number of ether oxygens (including phenoxy) is 1. The fraction of sp³-hybridized carbons (Fsp3) is 0.333. The first-order chi connectivity index (χ1) is 7.79. The third-order valence-electron chi connectivity index (χ3n) is 2.51. The molecular weight excluding hydrogens is 206 g/mol. The van der Waals surface area contributed by atoms with Crippen molar-refractivity contribution in [1.29, 1.82) is 0 Å². The van der Waals surface area contributed by atoms with E-state index >= 15 is 0 Å². The van der Waals surface area contributed by atoms with Crippen molar-refractivity contribution in [3.8, 4) is 0 Å². The zero-order valence-corrected chi connectivity index (χ0v) is 8.81. The zero-order chi connectivity index (χ0) is 11.4. The summed E-state index contributed by atoms with van der Waals surface area (Å²) in [6.07, 6.45) is 2.09. The Labute approximate surface area is 93.6 Å². The normalized spacial score (nSPS) is 19.4. The highest BCUT2D eigenvalue weighted by molar-refractivity contribution is 5.95. The van der Waals surface area contributed by atoms with Crippen LogP contribution in [0.25, 0.3) is 0 Å². The first-order valence-electron chi connectivity index (χ1n) is 5.27. The van der Waals surface area contributed by atoms with Crippen LogP contribution in [0.5, 0.6) is 0 Å². The van der Waals surface area contributed by atoms with Crippen LogP contribution in [0.3, 0.4) is 0 Å². The van der Waals surface area contributed by atoms with Gasteiger partial charge in [-0.3, -0.25) is 9.59 Å². The third kappa shape index (κ3) is 2.46. The van der Waals surface area contributed by atoms with Crippen LogP contribution >= 0.6 is 0 Å². The second kappa shape index (κ2) is 4.90. The van der Waals surface area contributed by atoms with Crippen LogP contribution in [0.2, 0.25) is 0 Å². The lowest BCUT2D eigenvalue weighted by atomic mass is 10.2. The molecule has 1 heterocycles. The summed E-state index contributed by atoms with van der Waals surface area (Å²) in [4.78, 5) is 22.3. The van der Waals surface area contributed by atoms with Gasteiger partial charge in [0.1, 0.15) is 12.4 Å². The third-order valence-corrected chi connectivity index (χ3v) is 2.51. The molecule has 0 aromatic heterocycles. The van der Waals surface area contributed by atoms with Gasteiger partial charge in [-0.2, -0.15) is 0 Å². The maximum atomic E-state index is 11.7.